The van der Waals surface area contributed by atoms with Crippen LogP contribution in [0.5, 0.6) is 0 Å². The number of amides is 2. The number of nitrogens with zero attached hydrogens (tertiary/aromatic N) is 6. The molecule has 4 heterocycles. The average molecular weight is 404 g/mol. The first-order chi connectivity index (χ1) is 13.5. The van der Waals surface area contributed by atoms with E-state index in [1.165, 1.54) is 22.3 Å². The normalized spacial score (nSPS) is 21.4. The van der Waals surface area contributed by atoms with E-state index < -0.39 is 0 Å². The van der Waals surface area contributed by atoms with Crippen molar-refractivity contribution in [2.45, 2.75) is 25.3 Å². The quantitative estimate of drug-likeness (QED) is 0.756. The van der Waals surface area contributed by atoms with Crippen molar-refractivity contribution in [1.82, 2.24) is 29.5 Å². The predicted molar refractivity (Wildman–Crippen MR) is 102 cm³/mol. The molecule has 0 aromatic carbocycles. The van der Waals surface area contributed by atoms with Gasteiger partial charge >= 0.3 is 0 Å². The minimum atomic E-state index is -0.128. The van der Waals surface area contributed by atoms with Crippen molar-refractivity contribution in [3.8, 4) is 0 Å². The fraction of sp³-hybridized carbons (Fsp3) is 0.611. The molecule has 28 heavy (non-hydrogen) atoms. The maximum atomic E-state index is 12.9. The Labute approximate surface area is 167 Å². The summed E-state index contributed by atoms with van der Waals surface area (Å²) in [6.07, 6.45) is 4.13. The number of piperidine rings is 1. The number of hydrogen-bond donors (Lipinski definition) is 0. The van der Waals surface area contributed by atoms with E-state index in [-0.39, 0.29) is 29.1 Å². The van der Waals surface area contributed by atoms with Gasteiger partial charge in [-0.05, 0) is 24.7 Å². The standard InChI is InChI=1S/C18H24N6O3S/c1-22-11-19-15(21-22)17(26)23-5-3-18(4-6-23)7-13(8-27-2)24(10-18)16(25)14-9-28-12-20-14/h9,11-13H,3-8,10H2,1-2H3. The molecule has 0 radical (unpaired) electrons. The first-order valence-corrected chi connectivity index (χ1v) is 10.3. The first-order valence-electron chi connectivity index (χ1n) is 9.34. The molecule has 10 heteroatoms. The van der Waals surface area contributed by atoms with Crippen molar-refractivity contribution in [1.29, 1.82) is 0 Å². The second kappa shape index (κ2) is 7.59. The molecule has 2 amide bonds. The lowest BCUT2D eigenvalue weighted by Gasteiger charge is -2.38. The number of ether oxygens (including phenoxy) is 1. The van der Waals surface area contributed by atoms with E-state index in [0.29, 0.717) is 31.9 Å². The molecule has 2 aromatic rings. The molecule has 2 saturated heterocycles. The Balaban J connectivity index is 1.44. The Bertz CT molecular complexity index is 843. The highest BCUT2D eigenvalue weighted by Gasteiger charge is 2.48. The molecule has 2 fully saturated rings. The fourth-order valence-electron chi connectivity index (χ4n) is 4.33. The summed E-state index contributed by atoms with van der Waals surface area (Å²) < 4.78 is 6.92. The van der Waals surface area contributed by atoms with E-state index in [9.17, 15) is 9.59 Å². The van der Waals surface area contributed by atoms with Crippen LogP contribution in [0.1, 0.15) is 40.4 Å². The molecule has 2 aromatic heterocycles. The zero-order chi connectivity index (χ0) is 19.7. The molecule has 0 aliphatic carbocycles. The molecule has 1 unspecified atom stereocenters. The van der Waals surface area contributed by atoms with Gasteiger partial charge < -0.3 is 14.5 Å². The minimum Gasteiger partial charge on any atom is -0.383 e. The molecule has 2 aliphatic heterocycles. The lowest BCUT2D eigenvalue weighted by atomic mass is 9.76. The highest BCUT2D eigenvalue weighted by molar-refractivity contribution is 7.07. The van der Waals surface area contributed by atoms with E-state index in [4.69, 9.17) is 4.74 Å². The molecular weight excluding hydrogens is 380 g/mol. The van der Waals surface area contributed by atoms with E-state index in [0.717, 1.165) is 19.3 Å². The number of carbonyl (C=O) groups is 2. The number of thiazole rings is 1. The summed E-state index contributed by atoms with van der Waals surface area (Å²) in [6, 6.07) is 0.0407. The van der Waals surface area contributed by atoms with Crippen LogP contribution in [0.3, 0.4) is 0 Å². The lowest BCUT2D eigenvalue weighted by molar-refractivity contribution is 0.0544. The third-order valence-corrected chi connectivity index (χ3v) is 6.38. The van der Waals surface area contributed by atoms with Crippen molar-refractivity contribution >= 4 is 23.2 Å². The van der Waals surface area contributed by atoms with Crippen LogP contribution >= 0.6 is 11.3 Å². The van der Waals surface area contributed by atoms with Crippen LogP contribution in [0.4, 0.5) is 0 Å². The van der Waals surface area contributed by atoms with Crippen LogP contribution in [0, 0.1) is 5.41 Å². The SMILES string of the molecule is COCC1CC2(CCN(C(=O)c3ncn(C)n3)CC2)CN1C(=O)c1cscn1. The Morgan fingerprint density at radius 2 is 2.07 bits per heavy atom. The Kier molecular flexibility index (Phi) is 5.15. The Morgan fingerprint density at radius 3 is 2.68 bits per heavy atom. The second-order valence-corrected chi connectivity index (χ2v) is 8.37. The summed E-state index contributed by atoms with van der Waals surface area (Å²) >= 11 is 1.42. The smallest absolute Gasteiger partial charge is 0.293 e. The molecule has 0 N–H and O–H groups in total. The lowest BCUT2D eigenvalue weighted by Crippen LogP contribution is -2.45. The highest BCUT2D eigenvalue weighted by Crippen LogP contribution is 2.44. The third kappa shape index (κ3) is 3.53. The Morgan fingerprint density at radius 1 is 1.29 bits per heavy atom. The van der Waals surface area contributed by atoms with Crippen LogP contribution in [-0.4, -0.2) is 80.8 Å². The van der Waals surface area contributed by atoms with Crippen molar-refractivity contribution in [2.24, 2.45) is 12.5 Å². The molecular formula is C18H24N6O3S. The van der Waals surface area contributed by atoms with Crippen molar-refractivity contribution < 1.29 is 14.3 Å². The number of carbonyl (C=O) groups excluding carboxylic acids is 2. The van der Waals surface area contributed by atoms with Crippen LogP contribution in [0.15, 0.2) is 17.2 Å². The van der Waals surface area contributed by atoms with E-state index in [1.807, 2.05) is 9.80 Å². The Hall–Kier alpha value is -2.33. The number of hydrogen-bond acceptors (Lipinski definition) is 7. The number of rotatable bonds is 4. The maximum Gasteiger partial charge on any atom is 0.293 e. The summed E-state index contributed by atoms with van der Waals surface area (Å²) in [5, 5.41) is 5.90. The summed E-state index contributed by atoms with van der Waals surface area (Å²) in [5.74, 6) is 0.0797. The van der Waals surface area contributed by atoms with Gasteiger partial charge in [0.15, 0.2) is 0 Å². The summed E-state index contributed by atoms with van der Waals surface area (Å²) in [6.45, 7) is 2.49. The van der Waals surface area contributed by atoms with Gasteiger partial charge in [0.1, 0.15) is 12.0 Å². The van der Waals surface area contributed by atoms with Crippen molar-refractivity contribution in [2.75, 3.05) is 33.4 Å². The zero-order valence-electron chi connectivity index (χ0n) is 16.1. The van der Waals surface area contributed by atoms with Crippen LogP contribution < -0.4 is 0 Å². The molecule has 2 aliphatic rings. The van der Waals surface area contributed by atoms with E-state index in [2.05, 4.69) is 15.1 Å². The molecule has 0 bridgehead atoms. The summed E-state index contributed by atoms with van der Waals surface area (Å²) in [7, 11) is 3.41. The van der Waals surface area contributed by atoms with Gasteiger partial charge in [0.25, 0.3) is 11.8 Å². The van der Waals surface area contributed by atoms with Crippen LogP contribution in [0.2, 0.25) is 0 Å². The van der Waals surface area contributed by atoms with Gasteiger partial charge in [0.2, 0.25) is 5.82 Å². The summed E-state index contributed by atoms with van der Waals surface area (Å²) in [5.41, 5.74) is 2.19. The predicted octanol–water partition coefficient (Wildman–Crippen LogP) is 1.06. The van der Waals surface area contributed by atoms with Gasteiger partial charge in [-0.3, -0.25) is 14.3 Å². The molecule has 150 valence electrons. The highest BCUT2D eigenvalue weighted by atomic mass is 32.1. The van der Waals surface area contributed by atoms with E-state index >= 15 is 0 Å². The first kappa shape index (κ1) is 19.0. The molecule has 1 spiro atoms. The van der Waals surface area contributed by atoms with Gasteiger partial charge in [0, 0.05) is 39.2 Å². The average Bonchev–Trinajstić information content (AvgIpc) is 3.43. The van der Waals surface area contributed by atoms with Gasteiger partial charge in [-0.15, -0.1) is 16.4 Å². The molecule has 1 atom stereocenters. The third-order valence-electron chi connectivity index (χ3n) is 5.79. The number of likely N-dealkylation sites (tertiary alicyclic amines) is 2. The van der Waals surface area contributed by atoms with Gasteiger partial charge in [-0.25, -0.2) is 9.97 Å². The maximum absolute atomic E-state index is 12.9. The fourth-order valence-corrected chi connectivity index (χ4v) is 4.86. The topological polar surface area (TPSA) is 93.5 Å². The number of aryl methyl sites for hydroxylation is 1. The van der Waals surface area contributed by atoms with Crippen LogP contribution in [0.25, 0.3) is 0 Å². The number of methoxy groups -OCH3 is 1. The van der Waals surface area contributed by atoms with Crippen molar-refractivity contribution in [3.63, 3.8) is 0 Å². The second-order valence-electron chi connectivity index (χ2n) is 7.65. The minimum absolute atomic E-state index is 0.0171. The van der Waals surface area contributed by atoms with Gasteiger partial charge in [-0.1, -0.05) is 0 Å². The molecule has 0 saturated carbocycles. The summed E-state index contributed by atoms with van der Waals surface area (Å²) in [4.78, 5) is 37.5. The largest absolute Gasteiger partial charge is 0.383 e. The monoisotopic (exact) mass is 404 g/mol. The molecule has 4 rings (SSSR count). The van der Waals surface area contributed by atoms with Gasteiger partial charge in [-0.2, -0.15) is 0 Å². The van der Waals surface area contributed by atoms with Crippen molar-refractivity contribution in [3.05, 3.63) is 28.7 Å². The zero-order valence-corrected chi connectivity index (χ0v) is 16.9. The molecule has 9 nitrogen and oxygen atoms in total. The number of aromatic nitrogens is 4. The van der Waals surface area contributed by atoms with Crippen LogP contribution in [-0.2, 0) is 11.8 Å². The van der Waals surface area contributed by atoms with Gasteiger partial charge in [0.05, 0.1) is 18.2 Å². The van der Waals surface area contributed by atoms with E-state index in [1.54, 1.807) is 25.0 Å².